The Bertz CT molecular complexity index is 998. The third-order valence-electron chi connectivity index (χ3n) is 5.18. The molecule has 0 saturated carbocycles. The Morgan fingerprint density at radius 2 is 2.00 bits per heavy atom. The van der Waals surface area contributed by atoms with E-state index in [4.69, 9.17) is 4.98 Å². The molecule has 5 nitrogen and oxygen atoms in total. The van der Waals surface area contributed by atoms with Gasteiger partial charge in [-0.05, 0) is 37.0 Å². The van der Waals surface area contributed by atoms with E-state index < -0.39 is 0 Å². The molecule has 1 aromatic carbocycles. The Morgan fingerprint density at radius 1 is 1.21 bits per heavy atom. The molecule has 0 amide bonds. The van der Waals surface area contributed by atoms with Gasteiger partial charge in [-0.15, -0.1) is 0 Å². The van der Waals surface area contributed by atoms with Crippen LogP contribution < -0.4 is 10.9 Å². The van der Waals surface area contributed by atoms with Gasteiger partial charge in [-0.25, -0.2) is 4.98 Å². The molecule has 1 aliphatic heterocycles. The maximum Gasteiger partial charge on any atom is 0.257 e. The van der Waals surface area contributed by atoms with Crippen molar-refractivity contribution in [2.45, 2.75) is 50.1 Å². The smallest absolute Gasteiger partial charge is 0.257 e. The number of Topliss-reactive ketones (excluding diaryl/α,β-unsaturated/α-hetero) is 1. The average Bonchev–Trinajstić information content (AvgIpc) is 2.67. The third kappa shape index (κ3) is 3.70. The highest BCUT2D eigenvalue weighted by Gasteiger charge is 2.37. The number of ketones is 1. The second kappa shape index (κ2) is 8.25. The number of fused-ring (bicyclic) bond motifs is 1. The van der Waals surface area contributed by atoms with E-state index in [1.165, 1.54) is 0 Å². The van der Waals surface area contributed by atoms with Crippen molar-refractivity contribution in [1.82, 2.24) is 9.97 Å². The summed E-state index contributed by atoms with van der Waals surface area (Å²) in [6.07, 6.45) is 4.34. The monoisotopic (exact) mass is 459 g/mol. The second-order valence-electron chi connectivity index (χ2n) is 7.11. The van der Waals surface area contributed by atoms with E-state index in [0.717, 1.165) is 52.7 Å². The first kappa shape index (κ1) is 19.5. The fourth-order valence-electron chi connectivity index (χ4n) is 3.81. The van der Waals surface area contributed by atoms with Gasteiger partial charge in [-0.2, -0.15) is 0 Å². The first-order valence-corrected chi connectivity index (χ1v) is 11.4. The summed E-state index contributed by atoms with van der Waals surface area (Å²) in [5.41, 5.74) is 2.94. The molecule has 2 aromatic rings. The molecule has 1 aliphatic carbocycles. The molecule has 4 rings (SSSR count). The van der Waals surface area contributed by atoms with Crippen LogP contribution in [-0.2, 0) is 4.79 Å². The van der Waals surface area contributed by atoms with Gasteiger partial charge in [-0.3, -0.25) is 9.59 Å². The van der Waals surface area contributed by atoms with E-state index in [1.54, 1.807) is 11.8 Å². The standard InChI is InChI=1S/C21H22BrN3O2S/c1-2-3-11-28-21-24-19-18(20(27)25-21)16(12-7-9-13(22)10-8-12)17-14(23-19)5-4-6-15(17)26/h7-10,16H,2-6,11H2,1H3,(H2,23,24,25,27)/t16-/m1/s1. The minimum atomic E-state index is -0.377. The van der Waals surface area contributed by atoms with E-state index in [0.29, 0.717) is 23.0 Å². The number of rotatable bonds is 5. The quantitative estimate of drug-likeness (QED) is 0.374. The number of benzene rings is 1. The summed E-state index contributed by atoms with van der Waals surface area (Å²) in [4.78, 5) is 33.5. The molecule has 0 saturated heterocycles. The molecule has 2 aliphatic rings. The van der Waals surface area contributed by atoms with Gasteiger partial charge in [0.2, 0.25) is 0 Å². The molecule has 28 heavy (non-hydrogen) atoms. The maximum atomic E-state index is 13.1. The number of hydrogen-bond donors (Lipinski definition) is 2. The van der Waals surface area contributed by atoms with Crippen molar-refractivity contribution in [2.75, 3.05) is 11.1 Å². The van der Waals surface area contributed by atoms with Gasteiger partial charge in [0.25, 0.3) is 5.56 Å². The van der Waals surface area contributed by atoms with E-state index >= 15 is 0 Å². The van der Waals surface area contributed by atoms with Crippen molar-refractivity contribution in [1.29, 1.82) is 0 Å². The topological polar surface area (TPSA) is 74.8 Å². The lowest BCUT2D eigenvalue weighted by molar-refractivity contribution is -0.116. The van der Waals surface area contributed by atoms with Crippen molar-refractivity contribution < 1.29 is 4.79 Å². The Morgan fingerprint density at radius 3 is 2.75 bits per heavy atom. The van der Waals surface area contributed by atoms with Gasteiger partial charge in [0.05, 0.1) is 5.56 Å². The summed E-state index contributed by atoms with van der Waals surface area (Å²) < 4.78 is 0.962. The van der Waals surface area contributed by atoms with Crippen LogP contribution in [0.3, 0.4) is 0 Å². The highest BCUT2D eigenvalue weighted by Crippen LogP contribution is 2.43. The number of thioether (sulfide) groups is 1. The molecule has 2 N–H and O–H groups in total. The van der Waals surface area contributed by atoms with Crippen molar-refractivity contribution in [3.63, 3.8) is 0 Å². The van der Waals surface area contributed by atoms with Crippen molar-refractivity contribution >= 4 is 39.3 Å². The summed E-state index contributed by atoms with van der Waals surface area (Å²) >= 11 is 5.03. The van der Waals surface area contributed by atoms with Crippen LogP contribution in [0, 0.1) is 0 Å². The summed E-state index contributed by atoms with van der Waals surface area (Å²) in [6, 6.07) is 7.84. The molecule has 7 heteroatoms. The molecule has 0 unspecified atom stereocenters. The Balaban J connectivity index is 1.83. The zero-order valence-corrected chi connectivity index (χ0v) is 18.1. The van der Waals surface area contributed by atoms with Crippen LogP contribution in [0.1, 0.15) is 56.1 Å². The molecule has 146 valence electrons. The number of halogens is 1. The van der Waals surface area contributed by atoms with E-state index in [1.807, 2.05) is 24.3 Å². The van der Waals surface area contributed by atoms with Crippen molar-refractivity contribution in [2.24, 2.45) is 0 Å². The van der Waals surface area contributed by atoms with E-state index in [9.17, 15) is 9.59 Å². The number of aromatic amines is 1. The third-order valence-corrected chi connectivity index (χ3v) is 6.66. The number of carbonyl (C=O) groups excluding carboxylic acids is 1. The van der Waals surface area contributed by atoms with E-state index in [-0.39, 0.29) is 17.3 Å². The predicted octanol–water partition coefficient (Wildman–Crippen LogP) is 4.99. The Kier molecular flexibility index (Phi) is 5.73. The van der Waals surface area contributed by atoms with Gasteiger partial charge < -0.3 is 10.3 Å². The van der Waals surface area contributed by atoms with Crippen LogP contribution in [0.15, 0.2) is 50.0 Å². The molecule has 0 bridgehead atoms. The molecular formula is C21H22BrN3O2S. The lowest BCUT2D eigenvalue weighted by Gasteiger charge is -2.32. The minimum Gasteiger partial charge on any atom is -0.343 e. The van der Waals surface area contributed by atoms with Gasteiger partial charge in [0.15, 0.2) is 10.9 Å². The number of carbonyl (C=O) groups is 1. The van der Waals surface area contributed by atoms with Crippen LogP contribution in [0.4, 0.5) is 5.82 Å². The number of unbranched alkanes of at least 4 members (excludes halogenated alkanes) is 1. The molecule has 2 heterocycles. The zero-order valence-electron chi connectivity index (χ0n) is 15.7. The number of anilines is 1. The van der Waals surface area contributed by atoms with Crippen molar-refractivity contribution in [3.8, 4) is 0 Å². The molecule has 0 spiro atoms. The SMILES string of the molecule is CCCCSc1nc2c(c(=O)[nH]1)[C@H](c1ccc(Br)cc1)C1=C(CCCC1=O)N2. The number of allylic oxidation sites excluding steroid dienone is 2. The van der Waals surface area contributed by atoms with Crippen LogP contribution >= 0.6 is 27.7 Å². The number of H-pyrrole nitrogens is 1. The first-order chi connectivity index (χ1) is 13.6. The van der Waals surface area contributed by atoms with Gasteiger partial charge >= 0.3 is 0 Å². The highest BCUT2D eigenvalue weighted by atomic mass is 79.9. The van der Waals surface area contributed by atoms with Crippen molar-refractivity contribution in [3.05, 3.63) is 61.5 Å². The van der Waals surface area contributed by atoms with Crippen LogP contribution in [-0.4, -0.2) is 21.5 Å². The lowest BCUT2D eigenvalue weighted by Crippen LogP contribution is -2.32. The fourth-order valence-corrected chi connectivity index (χ4v) is 5.02. The maximum absolute atomic E-state index is 13.1. The molecule has 1 atom stereocenters. The Hall–Kier alpha value is -1.86. The Labute approximate surface area is 176 Å². The normalized spacial score (nSPS) is 18.5. The van der Waals surface area contributed by atoms with Gasteiger partial charge in [0.1, 0.15) is 5.82 Å². The molecular weight excluding hydrogens is 438 g/mol. The summed E-state index contributed by atoms with van der Waals surface area (Å²) in [6.45, 7) is 2.14. The first-order valence-electron chi connectivity index (χ1n) is 9.64. The lowest BCUT2D eigenvalue weighted by atomic mass is 9.76. The minimum absolute atomic E-state index is 0.119. The van der Waals surface area contributed by atoms with Gasteiger partial charge in [-0.1, -0.05) is 53.2 Å². The number of aromatic nitrogens is 2. The van der Waals surface area contributed by atoms with Crippen LogP contribution in [0.5, 0.6) is 0 Å². The number of nitrogens with zero attached hydrogens (tertiary/aromatic N) is 1. The summed E-state index contributed by atoms with van der Waals surface area (Å²) in [5, 5.41) is 3.95. The summed E-state index contributed by atoms with van der Waals surface area (Å²) in [7, 11) is 0. The second-order valence-corrected chi connectivity index (χ2v) is 9.11. The van der Waals surface area contributed by atoms with Crippen LogP contribution in [0.2, 0.25) is 0 Å². The van der Waals surface area contributed by atoms with Gasteiger partial charge in [0, 0.05) is 33.8 Å². The molecule has 0 fully saturated rings. The average molecular weight is 460 g/mol. The zero-order chi connectivity index (χ0) is 19.7. The number of hydrogen-bond acceptors (Lipinski definition) is 5. The largest absolute Gasteiger partial charge is 0.343 e. The fraction of sp³-hybridized carbons (Fsp3) is 0.381. The predicted molar refractivity (Wildman–Crippen MR) is 116 cm³/mol. The van der Waals surface area contributed by atoms with E-state index in [2.05, 4.69) is 33.2 Å². The van der Waals surface area contributed by atoms with Crippen LogP contribution in [0.25, 0.3) is 0 Å². The molecule has 1 aromatic heterocycles. The molecule has 0 radical (unpaired) electrons. The summed E-state index contributed by atoms with van der Waals surface area (Å²) in [5.74, 6) is 1.25. The highest BCUT2D eigenvalue weighted by molar-refractivity contribution is 9.10. The number of nitrogens with one attached hydrogen (secondary N) is 2.